The minimum absolute atomic E-state index is 0.132. The van der Waals surface area contributed by atoms with E-state index in [2.05, 4.69) is 0 Å². The zero-order valence-corrected chi connectivity index (χ0v) is 7.52. The lowest BCUT2D eigenvalue weighted by molar-refractivity contribution is -0.129. The fourth-order valence-corrected chi connectivity index (χ4v) is 1.69. The van der Waals surface area contributed by atoms with Crippen LogP contribution in [0.4, 0.5) is 0 Å². The molecule has 0 aromatic heterocycles. The van der Waals surface area contributed by atoms with E-state index in [0.29, 0.717) is 5.78 Å². The predicted molar refractivity (Wildman–Crippen MR) is 43.4 cm³/mol. The van der Waals surface area contributed by atoms with Crippen LogP contribution in [-0.4, -0.2) is 18.5 Å². The van der Waals surface area contributed by atoms with Gasteiger partial charge in [-0.25, -0.2) is 0 Å². The van der Waals surface area contributed by atoms with E-state index in [1.54, 1.807) is 7.11 Å². The quantitative estimate of drug-likeness (QED) is 0.609. The Morgan fingerprint density at radius 2 is 2.18 bits per heavy atom. The van der Waals surface area contributed by atoms with Crippen molar-refractivity contribution in [3.63, 3.8) is 0 Å². The lowest BCUT2D eigenvalue weighted by Crippen LogP contribution is -2.35. The predicted octanol–water partition coefficient (Wildman–Crippen LogP) is 1.78. The maximum atomic E-state index is 11.3. The van der Waals surface area contributed by atoms with Crippen molar-refractivity contribution in [1.82, 2.24) is 0 Å². The van der Waals surface area contributed by atoms with Crippen molar-refractivity contribution >= 4 is 5.78 Å². The summed E-state index contributed by atoms with van der Waals surface area (Å²) in [5, 5.41) is 0. The van der Waals surface area contributed by atoms with Crippen LogP contribution in [0.5, 0.6) is 0 Å². The zero-order chi connectivity index (χ0) is 8.48. The zero-order valence-electron chi connectivity index (χ0n) is 7.52. The molecule has 0 amide bonds. The summed E-state index contributed by atoms with van der Waals surface area (Å²) in [6, 6.07) is 0. The van der Waals surface area contributed by atoms with Crippen molar-refractivity contribution in [2.24, 2.45) is 5.92 Å². The van der Waals surface area contributed by atoms with Crippen LogP contribution in [0, 0.1) is 5.92 Å². The summed E-state index contributed by atoms with van der Waals surface area (Å²) in [6.45, 7) is 3.97. The minimum Gasteiger partial charge on any atom is -0.378 e. The summed E-state index contributed by atoms with van der Waals surface area (Å²) in [5.41, 5.74) is -0.256. The van der Waals surface area contributed by atoms with E-state index in [0.717, 1.165) is 19.3 Å². The summed E-state index contributed by atoms with van der Waals surface area (Å²) < 4.78 is 5.27. The van der Waals surface area contributed by atoms with Gasteiger partial charge in [0.15, 0.2) is 0 Å². The summed E-state index contributed by atoms with van der Waals surface area (Å²) in [4.78, 5) is 11.3. The fraction of sp³-hybridized carbons (Fsp3) is 0.889. The van der Waals surface area contributed by atoms with Gasteiger partial charge in [0.2, 0.25) is 0 Å². The first kappa shape index (κ1) is 8.72. The molecule has 1 unspecified atom stereocenters. The molecular weight excluding hydrogens is 140 g/mol. The standard InChI is InChI=1S/C9H16O2/c1-9(2,11-3)7-5-4-6-8(7)10/h7H,4-6H2,1-3H3. The molecule has 0 aromatic carbocycles. The smallest absolute Gasteiger partial charge is 0.138 e. The Balaban J connectivity index is 2.65. The van der Waals surface area contributed by atoms with E-state index in [1.807, 2.05) is 13.8 Å². The number of carbonyl (C=O) groups is 1. The highest BCUT2D eigenvalue weighted by molar-refractivity contribution is 5.83. The van der Waals surface area contributed by atoms with Gasteiger partial charge in [-0.2, -0.15) is 0 Å². The van der Waals surface area contributed by atoms with E-state index in [1.165, 1.54) is 0 Å². The first-order valence-corrected chi connectivity index (χ1v) is 4.16. The molecule has 2 nitrogen and oxygen atoms in total. The molecule has 64 valence electrons. The third kappa shape index (κ3) is 1.62. The lowest BCUT2D eigenvalue weighted by atomic mass is 9.89. The first-order chi connectivity index (χ1) is 5.08. The van der Waals surface area contributed by atoms with Crippen LogP contribution in [0.1, 0.15) is 33.1 Å². The van der Waals surface area contributed by atoms with Crippen LogP contribution in [-0.2, 0) is 9.53 Å². The topological polar surface area (TPSA) is 26.3 Å². The molecule has 0 radical (unpaired) electrons. The normalized spacial score (nSPS) is 26.1. The average Bonchev–Trinajstić information content (AvgIpc) is 2.36. The van der Waals surface area contributed by atoms with Crippen LogP contribution in [0.2, 0.25) is 0 Å². The summed E-state index contributed by atoms with van der Waals surface area (Å²) in [6.07, 6.45) is 2.79. The summed E-state index contributed by atoms with van der Waals surface area (Å²) in [7, 11) is 1.67. The second-order valence-electron chi connectivity index (χ2n) is 3.72. The van der Waals surface area contributed by atoms with Gasteiger partial charge in [0.1, 0.15) is 5.78 Å². The number of carbonyl (C=O) groups excluding carboxylic acids is 1. The Morgan fingerprint density at radius 3 is 2.55 bits per heavy atom. The highest BCUT2D eigenvalue weighted by atomic mass is 16.5. The molecule has 11 heavy (non-hydrogen) atoms. The maximum Gasteiger partial charge on any atom is 0.138 e. The second-order valence-corrected chi connectivity index (χ2v) is 3.72. The molecule has 0 aromatic rings. The van der Waals surface area contributed by atoms with Crippen LogP contribution >= 0.6 is 0 Å². The van der Waals surface area contributed by atoms with E-state index in [-0.39, 0.29) is 11.5 Å². The average molecular weight is 156 g/mol. The summed E-state index contributed by atoms with van der Waals surface area (Å²) >= 11 is 0. The molecule has 1 atom stereocenters. The SMILES string of the molecule is COC(C)(C)C1CCCC1=O. The Labute approximate surface area is 67.9 Å². The Kier molecular flexibility index (Phi) is 2.33. The van der Waals surface area contributed by atoms with Gasteiger partial charge in [0, 0.05) is 19.4 Å². The van der Waals surface area contributed by atoms with Gasteiger partial charge < -0.3 is 4.74 Å². The van der Waals surface area contributed by atoms with Crippen molar-refractivity contribution in [1.29, 1.82) is 0 Å². The van der Waals surface area contributed by atoms with Gasteiger partial charge in [-0.05, 0) is 26.7 Å². The number of hydrogen-bond donors (Lipinski definition) is 0. The number of ether oxygens (including phenoxy) is 1. The molecule has 1 aliphatic rings. The molecular formula is C9H16O2. The molecule has 0 spiro atoms. The first-order valence-electron chi connectivity index (χ1n) is 4.16. The largest absolute Gasteiger partial charge is 0.378 e. The van der Waals surface area contributed by atoms with Crippen molar-refractivity contribution in [3.05, 3.63) is 0 Å². The molecule has 0 aliphatic heterocycles. The molecule has 2 heteroatoms. The van der Waals surface area contributed by atoms with E-state index in [4.69, 9.17) is 4.74 Å². The molecule has 0 saturated heterocycles. The number of methoxy groups -OCH3 is 1. The molecule has 1 aliphatic carbocycles. The molecule has 0 heterocycles. The van der Waals surface area contributed by atoms with E-state index in [9.17, 15) is 4.79 Å². The number of Topliss-reactive ketones (excluding diaryl/α,β-unsaturated/α-hetero) is 1. The van der Waals surface area contributed by atoms with Crippen molar-refractivity contribution in [2.75, 3.05) is 7.11 Å². The number of ketones is 1. The van der Waals surface area contributed by atoms with E-state index < -0.39 is 0 Å². The summed E-state index contributed by atoms with van der Waals surface area (Å²) in [5.74, 6) is 0.504. The van der Waals surface area contributed by atoms with Gasteiger partial charge >= 0.3 is 0 Å². The lowest BCUT2D eigenvalue weighted by Gasteiger charge is -2.28. The van der Waals surface area contributed by atoms with Gasteiger partial charge in [-0.15, -0.1) is 0 Å². The van der Waals surface area contributed by atoms with Crippen LogP contribution < -0.4 is 0 Å². The molecule has 1 rings (SSSR count). The number of rotatable bonds is 2. The van der Waals surface area contributed by atoms with Crippen LogP contribution in [0.25, 0.3) is 0 Å². The van der Waals surface area contributed by atoms with Crippen molar-refractivity contribution < 1.29 is 9.53 Å². The van der Waals surface area contributed by atoms with Crippen LogP contribution in [0.3, 0.4) is 0 Å². The number of hydrogen-bond acceptors (Lipinski definition) is 2. The van der Waals surface area contributed by atoms with Gasteiger partial charge in [0.05, 0.1) is 5.60 Å². The molecule has 0 N–H and O–H groups in total. The molecule has 0 bridgehead atoms. The molecule has 1 fully saturated rings. The monoisotopic (exact) mass is 156 g/mol. The van der Waals surface area contributed by atoms with Crippen molar-refractivity contribution in [2.45, 2.75) is 38.7 Å². The van der Waals surface area contributed by atoms with Crippen LogP contribution in [0.15, 0.2) is 0 Å². The third-order valence-corrected chi connectivity index (χ3v) is 2.67. The second kappa shape index (κ2) is 2.94. The maximum absolute atomic E-state index is 11.3. The highest BCUT2D eigenvalue weighted by Gasteiger charge is 2.37. The Morgan fingerprint density at radius 1 is 1.55 bits per heavy atom. The third-order valence-electron chi connectivity index (χ3n) is 2.67. The minimum atomic E-state index is -0.256. The van der Waals surface area contributed by atoms with Gasteiger partial charge in [-0.1, -0.05) is 0 Å². The Hall–Kier alpha value is -0.370. The highest BCUT2D eigenvalue weighted by Crippen LogP contribution is 2.32. The Bertz CT molecular complexity index is 161. The fourth-order valence-electron chi connectivity index (χ4n) is 1.69. The molecule has 1 saturated carbocycles. The van der Waals surface area contributed by atoms with Gasteiger partial charge in [0.25, 0.3) is 0 Å². The van der Waals surface area contributed by atoms with E-state index >= 15 is 0 Å². The van der Waals surface area contributed by atoms with Gasteiger partial charge in [-0.3, -0.25) is 4.79 Å². The van der Waals surface area contributed by atoms with Crippen molar-refractivity contribution in [3.8, 4) is 0 Å².